The fraction of sp³-hybridized carbons (Fsp3) is 0.286. The lowest BCUT2D eigenvalue weighted by Gasteiger charge is -2.22. The van der Waals surface area contributed by atoms with Crippen LogP contribution in [0.1, 0.15) is 23.6 Å². The second kappa shape index (κ2) is 9.64. The Morgan fingerprint density at radius 1 is 0.964 bits per heavy atom. The zero-order valence-electron chi connectivity index (χ0n) is 15.9. The number of halogens is 1. The third-order valence-electron chi connectivity index (χ3n) is 4.24. The van der Waals surface area contributed by atoms with Gasteiger partial charge in [-0.25, -0.2) is 4.39 Å². The Hall–Kier alpha value is -3.22. The van der Waals surface area contributed by atoms with Crippen molar-refractivity contribution in [3.8, 4) is 0 Å². The first-order valence-corrected chi connectivity index (χ1v) is 8.91. The number of carbonyl (C=O) groups is 3. The molecule has 0 saturated heterocycles. The summed E-state index contributed by atoms with van der Waals surface area (Å²) in [4.78, 5) is 36.0. The second-order valence-corrected chi connectivity index (χ2v) is 6.74. The predicted octanol–water partition coefficient (Wildman–Crippen LogP) is 1.39. The summed E-state index contributed by atoms with van der Waals surface area (Å²) >= 11 is 0. The fourth-order valence-corrected chi connectivity index (χ4v) is 2.81. The van der Waals surface area contributed by atoms with E-state index in [4.69, 9.17) is 5.73 Å². The van der Waals surface area contributed by atoms with E-state index in [1.165, 1.54) is 25.1 Å². The van der Waals surface area contributed by atoms with Crippen molar-refractivity contribution < 1.29 is 18.8 Å². The molecule has 0 aromatic heterocycles. The maximum absolute atomic E-state index is 13.4. The third-order valence-corrected chi connectivity index (χ3v) is 4.24. The Balaban J connectivity index is 2.12. The van der Waals surface area contributed by atoms with Crippen LogP contribution in [0.25, 0.3) is 0 Å². The lowest BCUT2D eigenvalue weighted by Crippen LogP contribution is -2.54. The van der Waals surface area contributed by atoms with Gasteiger partial charge in [-0.2, -0.15) is 0 Å². The van der Waals surface area contributed by atoms with Crippen LogP contribution in [0.3, 0.4) is 0 Å². The molecule has 0 saturated carbocycles. The highest BCUT2D eigenvalue weighted by Crippen LogP contribution is 2.09. The molecule has 0 aliphatic carbocycles. The molecule has 148 valence electrons. The lowest BCUT2D eigenvalue weighted by molar-refractivity contribution is -0.130. The number of benzene rings is 2. The molecule has 2 aromatic rings. The summed E-state index contributed by atoms with van der Waals surface area (Å²) in [6.45, 7) is 3.23. The highest BCUT2D eigenvalue weighted by molar-refractivity contribution is 5.91. The van der Waals surface area contributed by atoms with Crippen LogP contribution in [-0.4, -0.2) is 29.8 Å². The van der Waals surface area contributed by atoms with Gasteiger partial charge in [0, 0.05) is 19.8 Å². The van der Waals surface area contributed by atoms with Gasteiger partial charge in [-0.05, 0) is 30.2 Å². The fourth-order valence-electron chi connectivity index (χ4n) is 2.81. The van der Waals surface area contributed by atoms with E-state index in [1.807, 2.05) is 31.2 Å². The molecule has 4 N–H and O–H groups in total. The molecule has 2 aromatic carbocycles. The number of nitrogens with one attached hydrogen (secondary N) is 2. The van der Waals surface area contributed by atoms with Crippen LogP contribution in [0, 0.1) is 12.7 Å². The predicted molar refractivity (Wildman–Crippen MR) is 104 cm³/mol. The molecule has 0 bridgehead atoms. The van der Waals surface area contributed by atoms with Gasteiger partial charge in [-0.3, -0.25) is 14.4 Å². The molecule has 2 atom stereocenters. The molecule has 0 heterocycles. The van der Waals surface area contributed by atoms with Crippen LogP contribution < -0.4 is 16.4 Å². The van der Waals surface area contributed by atoms with Gasteiger partial charge in [0.2, 0.25) is 17.7 Å². The Kier molecular flexibility index (Phi) is 7.26. The Bertz CT molecular complexity index is 852. The molecule has 2 rings (SSSR count). The van der Waals surface area contributed by atoms with Gasteiger partial charge in [0.05, 0.1) is 0 Å². The topological polar surface area (TPSA) is 101 Å². The zero-order chi connectivity index (χ0) is 20.7. The monoisotopic (exact) mass is 385 g/mol. The smallest absolute Gasteiger partial charge is 0.243 e. The van der Waals surface area contributed by atoms with E-state index < -0.39 is 35.6 Å². The normalized spacial score (nSPS) is 12.7. The summed E-state index contributed by atoms with van der Waals surface area (Å²) in [5.74, 6) is -2.09. The van der Waals surface area contributed by atoms with E-state index in [9.17, 15) is 18.8 Å². The van der Waals surface area contributed by atoms with Crippen LogP contribution in [0.15, 0.2) is 48.5 Å². The Morgan fingerprint density at radius 2 is 1.61 bits per heavy atom. The maximum Gasteiger partial charge on any atom is 0.243 e. The quantitative estimate of drug-likeness (QED) is 0.640. The van der Waals surface area contributed by atoms with Crippen molar-refractivity contribution in [1.29, 1.82) is 0 Å². The average Bonchev–Trinajstić information content (AvgIpc) is 2.62. The first-order valence-electron chi connectivity index (χ1n) is 8.91. The molecule has 28 heavy (non-hydrogen) atoms. The van der Waals surface area contributed by atoms with E-state index in [0.717, 1.165) is 11.1 Å². The number of carbonyl (C=O) groups excluding carboxylic acids is 3. The Labute approximate surface area is 163 Å². The molecule has 0 spiro atoms. The number of nitrogens with two attached hydrogens (primary N) is 1. The number of primary amides is 1. The van der Waals surface area contributed by atoms with Crippen LogP contribution in [0.2, 0.25) is 0 Å². The molecule has 7 heteroatoms. The van der Waals surface area contributed by atoms with Crippen molar-refractivity contribution in [1.82, 2.24) is 10.6 Å². The minimum atomic E-state index is -0.959. The van der Waals surface area contributed by atoms with Gasteiger partial charge < -0.3 is 16.4 Å². The number of hydrogen-bond donors (Lipinski definition) is 3. The van der Waals surface area contributed by atoms with Crippen LogP contribution >= 0.6 is 0 Å². The van der Waals surface area contributed by atoms with Gasteiger partial charge in [0.15, 0.2) is 0 Å². The van der Waals surface area contributed by atoms with E-state index >= 15 is 0 Å². The summed E-state index contributed by atoms with van der Waals surface area (Å²) in [5.41, 5.74) is 7.91. The van der Waals surface area contributed by atoms with Crippen LogP contribution in [0.4, 0.5) is 4.39 Å². The van der Waals surface area contributed by atoms with Gasteiger partial charge in [0.1, 0.15) is 17.9 Å². The van der Waals surface area contributed by atoms with Crippen LogP contribution in [-0.2, 0) is 27.2 Å². The molecule has 0 aliphatic rings. The molecular formula is C21H24FN3O3. The number of rotatable bonds is 8. The largest absolute Gasteiger partial charge is 0.368 e. The summed E-state index contributed by atoms with van der Waals surface area (Å²) in [6.07, 6.45) is 0.313. The number of hydrogen-bond acceptors (Lipinski definition) is 3. The lowest BCUT2D eigenvalue weighted by atomic mass is 10.0. The molecule has 0 fully saturated rings. The van der Waals surface area contributed by atoms with Crippen molar-refractivity contribution in [2.45, 2.75) is 38.8 Å². The van der Waals surface area contributed by atoms with Gasteiger partial charge in [-0.1, -0.05) is 42.0 Å². The SMILES string of the molecule is CC(=O)N[C@@H](Cc1cccc(F)c1)C(=O)N[C@H](Cc1ccc(C)cc1)C(N)=O. The third kappa shape index (κ3) is 6.50. The zero-order valence-corrected chi connectivity index (χ0v) is 15.9. The summed E-state index contributed by atoms with van der Waals surface area (Å²) < 4.78 is 13.4. The van der Waals surface area contributed by atoms with Gasteiger partial charge in [0.25, 0.3) is 0 Å². The molecular weight excluding hydrogens is 361 g/mol. The second-order valence-electron chi connectivity index (χ2n) is 6.74. The van der Waals surface area contributed by atoms with Crippen molar-refractivity contribution in [3.05, 3.63) is 71.0 Å². The molecule has 0 aliphatic heterocycles. The minimum Gasteiger partial charge on any atom is -0.368 e. The van der Waals surface area contributed by atoms with Crippen molar-refractivity contribution in [2.75, 3.05) is 0 Å². The first-order chi connectivity index (χ1) is 13.2. The van der Waals surface area contributed by atoms with Gasteiger partial charge >= 0.3 is 0 Å². The van der Waals surface area contributed by atoms with Crippen molar-refractivity contribution >= 4 is 17.7 Å². The van der Waals surface area contributed by atoms with E-state index in [-0.39, 0.29) is 12.8 Å². The highest BCUT2D eigenvalue weighted by Gasteiger charge is 2.25. The standard InChI is InChI=1S/C21H24FN3O3/c1-13-6-8-15(9-7-13)11-18(20(23)27)25-21(28)19(24-14(2)26)12-16-4-3-5-17(22)10-16/h3-10,18-19H,11-12H2,1-2H3,(H2,23,27)(H,24,26)(H,25,28)/t18-,19+/m1/s1. The number of aryl methyl sites for hydroxylation is 1. The first kappa shape index (κ1) is 21.1. The van der Waals surface area contributed by atoms with E-state index in [1.54, 1.807) is 6.07 Å². The molecule has 3 amide bonds. The van der Waals surface area contributed by atoms with Crippen molar-refractivity contribution in [2.24, 2.45) is 5.73 Å². The maximum atomic E-state index is 13.4. The molecule has 0 unspecified atom stereocenters. The minimum absolute atomic E-state index is 0.0825. The summed E-state index contributed by atoms with van der Waals surface area (Å²) in [6, 6.07) is 11.4. The highest BCUT2D eigenvalue weighted by atomic mass is 19.1. The van der Waals surface area contributed by atoms with Gasteiger partial charge in [-0.15, -0.1) is 0 Å². The summed E-state index contributed by atoms with van der Waals surface area (Å²) in [5, 5.41) is 5.14. The van der Waals surface area contributed by atoms with E-state index in [2.05, 4.69) is 10.6 Å². The van der Waals surface area contributed by atoms with Crippen molar-refractivity contribution in [3.63, 3.8) is 0 Å². The van der Waals surface area contributed by atoms with E-state index in [0.29, 0.717) is 5.56 Å². The van der Waals surface area contributed by atoms with Crippen LogP contribution in [0.5, 0.6) is 0 Å². The molecule has 0 radical (unpaired) electrons. The molecule has 6 nitrogen and oxygen atoms in total. The summed E-state index contributed by atoms with van der Waals surface area (Å²) in [7, 11) is 0. The Morgan fingerprint density at radius 3 is 2.18 bits per heavy atom. The average molecular weight is 385 g/mol. The number of amides is 3.